The fourth-order valence-electron chi connectivity index (χ4n) is 2.56. The molecule has 1 fully saturated rings. The van der Waals surface area contributed by atoms with E-state index in [9.17, 15) is 13.2 Å². The topological polar surface area (TPSA) is 15.3 Å². The highest BCUT2D eigenvalue weighted by Crippen LogP contribution is 2.28. The number of rotatable bonds is 2. The summed E-state index contributed by atoms with van der Waals surface area (Å²) in [5.41, 5.74) is 0.591. The van der Waals surface area contributed by atoms with Crippen molar-refractivity contribution in [3.05, 3.63) is 35.9 Å². The number of benzene rings is 1. The molecule has 2 unspecified atom stereocenters. The number of piperazine rings is 1. The van der Waals surface area contributed by atoms with Gasteiger partial charge in [0.15, 0.2) is 0 Å². The second kappa shape index (κ2) is 5.13. The van der Waals surface area contributed by atoms with E-state index in [2.05, 4.69) is 5.32 Å². The molecule has 5 heteroatoms. The molecule has 106 valence electrons. The minimum atomic E-state index is -4.15. The van der Waals surface area contributed by atoms with Crippen molar-refractivity contribution in [2.24, 2.45) is 0 Å². The first kappa shape index (κ1) is 14.3. The van der Waals surface area contributed by atoms with Gasteiger partial charge in [-0.3, -0.25) is 4.90 Å². The molecule has 0 aliphatic carbocycles. The summed E-state index contributed by atoms with van der Waals surface area (Å²) in [5.74, 6) is 0. The minimum absolute atomic E-state index is 0.113. The highest BCUT2D eigenvalue weighted by molar-refractivity contribution is 5.25. The molecule has 0 aromatic heterocycles. The fraction of sp³-hybridized carbons (Fsp3) is 0.571. The van der Waals surface area contributed by atoms with Crippen LogP contribution in [0.25, 0.3) is 0 Å². The van der Waals surface area contributed by atoms with Crippen LogP contribution in [-0.4, -0.2) is 36.8 Å². The van der Waals surface area contributed by atoms with Crippen LogP contribution in [0.5, 0.6) is 0 Å². The molecule has 2 rings (SSSR count). The number of hydrogen-bond acceptors (Lipinski definition) is 2. The summed E-state index contributed by atoms with van der Waals surface area (Å²) >= 11 is 0. The lowest BCUT2D eigenvalue weighted by Gasteiger charge is -2.45. The zero-order valence-corrected chi connectivity index (χ0v) is 11.2. The van der Waals surface area contributed by atoms with Gasteiger partial charge in [-0.05, 0) is 19.4 Å². The van der Waals surface area contributed by atoms with E-state index in [1.54, 1.807) is 0 Å². The molecule has 1 saturated heterocycles. The van der Waals surface area contributed by atoms with Crippen molar-refractivity contribution in [3.63, 3.8) is 0 Å². The van der Waals surface area contributed by atoms with E-state index >= 15 is 0 Å². The summed E-state index contributed by atoms with van der Waals surface area (Å²) in [6.07, 6.45) is -4.15. The van der Waals surface area contributed by atoms with Crippen molar-refractivity contribution in [2.75, 3.05) is 19.6 Å². The largest absolute Gasteiger partial charge is 0.401 e. The van der Waals surface area contributed by atoms with Crippen LogP contribution in [0.3, 0.4) is 0 Å². The van der Waals surface area contributed by atoms with Gasteiger partial charge in [0.05, 0.1) is 12.1 Å². The minimum Gasteiger partial charge on any atom is -0.305 e. The van der Waals surface area contributed by atoms with Crippen LogP contribution >= 0.6 is 0 Å². The van der Waals surface area contributed by atoms with Crippen LogP contribution in [0, 0.1) is 0 Å². The van der Waals surface area contributed by atoms with Gasteiger partial charge in [-0.15, -0.1) is 0 Å². The average Bonchev–Trinajstić information content (AvgIpc) is 2.33. The third-order valence-electron chi connectivity index (χ3n) is 3.72. The highest BCUT2D eigenvalue weighted by atomic mass is 19.4. The third kappa shape index (κ3) is 3.48. The average molecular weight is 272 g/mol. The summed E-state index contributed by atoms with van der Waals surface area (Å²) in [7, 11) is 0. The lowest BCUT2D eigenvalue weighted by molar-refractivity contribution is -0.155. The molecular weight excluding hydrogens is 253 g/mol. The molecule has 0 amide bonds. The van der Waals surface area contributed by atoms with Gasteiger partial charge in [-0.1, -0.05) is 30.3 Å². The van der Waals surface area contributed by atoms with E-state index in [0.717, 1.165) is 5.56 Å². The number of nitrogens with one attached hydrogen (secondary N) is 1. The van der Waals surface area contributed by atoms with Crippen LogP contribution in [0.2, 0.25) is 0 Å². The summed E-state index contributed by atoms with van der Waals surface area (Å²) < 4.78 is 37.8. The Labute approximate surface area is 111 Å². The maximum absolute atomic E-state index is 12.6. The van der Waals surface area contributed by atoms with Crippen LogP contribution < -0.4 is 5.32 Å². The number of alkyl halides is 3. The SMILES string of the molecule is CC1CNC(C)(c2ccccc2)CN1CC(F)(F)F. The Hall–Kier alpha value is -1.07. The Kier molecular flexibility index (Phi) is 3.87. The van der Waals surface area contributed by atoms with E-state index in [4.69, 9.17) is 0 Å². The number of halogens is 3. The van der Waals surface area contributed by atoms with Crippen molar-refractivity contribution in [3.8, 4) is 0 Å². The number of hydrogen-bond donors (Lipinski definition) is 1. The third-order valence-corrected chi connectivity index (χ3v) is 3.72. The lowest BCUT2D eigenvalue weighted by Crippen LogP contribution is -2.61. The van der Waals surface area contributed by atoms with Gasteiger partial charge in [0.1, 0.15) is 0 Å². The van der Waals surface area contributed by atoms with Crippen LogP contribution in [-0.2, 0) is 5.54 Å². The standard InChI is InChI=1S/C14H19F3N2/c1-11-8-18-13(2,12-6-4-3-5-7-12)9-19(11)10-14(15,16)17/h3-7,11,18H,8-10H2,1-2H3. The summed E-state index contributed by atoms with van der Waals surface area (Å²) in [6.45, 7) is 3.85. The normalized spacial score (nSPS) is 29.4. The van der Waals surface area contributed by atoms with Gasteiger partial charge >= 0.3 is 6.18 Å². The van der Waals surface area contributed by atoms with E-state index in [1.807, 2.05) is 44.2 Å². The number of nitrogens with zero attached hydrogens (tertiary/aromatic N) is 1. The first-order valence-corrected chi connectivity index (χ1v) is 6.41. The molecule has 2 atom stereocenters. The van der Waals surface area contributed by atoms with Gasteiger partial charge in [0.25, 0.3) is 0 Å². The van der Waals surface area contributed by atoms with Gasteiger partial charge < -0.3 is 5.32 Å². The van der Waals surface area contributed by atoms with Crippen LogP contribution in [0.15, 0.2) is 30.3 Å². The van der Waals surface area contributed by atoms with Crippen molar-refractivity contribution < 1.29 is 13.2 Å². The summed E-state index contributed by atoms with van der Waals surface area (Å²) in [5, 5.41) is 3.37. The zero-order valence-electron chi connectivity index (χ0n) is 11.2. The molecular formula is C14H19F3N2. The Morgan fingerprint density at radius 3 is 2.53 bits per heavy atom. The second-order valence-corrected chi connectivity index (χ2v) is 5.45. The second-order valence-electron chi connectivity index (χ2n) is 5.45. The molecule has 1 aliphatic rings. The Morgan fingerprint density at radius 2 is 1.95 bits per heavy atom. The predicted molar refractivity (Wildman–Crippen MR) is 68.9 cm³/mol. The molecule has 2 nitrogen and oxygen atoms in total. The van der Waals surface area contributed by atoms with Crippen molar-refractivity contribution in [1.29, 1.82) is 0 Å². The molecule has 1 aromatic rings. The molecule has 0 saturated carbocycles. The van der Waals surface area contributed by atoms with Crippen LogP contribution in [0.1, 0.15) is 19.4 Å². The van der Waals surface area contributed by atoms with Crippen molar-refractivity contribution in [1.82, 2.24) is 10.2 Å². The van der Waals surface area contributed by atoms with Gasteiger partial charge in [-0.2, -0.15) is 13.2 Å². The quantitative estimate of drug-likeness (QED) is 0.890. The van der Waals surface area contributed by atoms with Crippen molar-refractivity contribution >= 4 is 0 Å². The van der Waals surface area contributed by atoms with E-state index in [-0.39, 0.29) is 6.04 Å². The van der Waals surface area contributed by atoms with E-state index < -0.39 is 18.3 Å². The predicted octanol–water partition coefficient (Wildman–Crippen LogP) is 2.76. The molecule has 0 bridgehead atoms. The monoisotopic (exact) mass is 272 g/mol. The van der Waals surface area contributed by atoms with Gasteiger partial charge in [0.2, 0.25) is 0 Å². The summed E-state index contributed by atoms with van der Waals surface area (Å²) in [6, 6.07) is 9.52. The highest BCUT2D eigenvalue weighted by Gasteiger charge is 2.40. The van der Waals surface area contributed by atoms with Crippen molar-refractivity contribution in [2.45, 2.75) is 31.6 Å². The van der Waals surface area contributed by atoms with E-state index in [0.29, 0.717) is 13.1 Å². The van der Waals surface area contributed by atoms with E-state index in [1.165, 1.54) is 4.90 Å². The molecule has 0 spiro atoms. The fourth-order valence-corrected chi connectivity index (χ4v) is 2.56. The smallest absolute Gasteiger partial charge is 0.305 e. The first-order valence-electron chi connectivity index (χ1n) is 6.41. The Bertz CT molecular complexity index is 418. The maximum atomic E-state index is 12.6. The Balaban J connectivity index is 2.16. The molecule has 1 aromatic carbocycles. The summed E-state index contributed by atoms with van der Waals surface area (Å²) in [4.78, 5) is 1.50. The molecule has 1 heterocycles. The van der Waals surface area contributed by atoms with Gasteiger partial charge in [0, 0.05) is 19.1 Å². The van der Waals surface area contributed by atoms with Crippen LogP contribution in [0.4, 0.5) is 13.2 Å². The van der Waals surface area contributed by atoms with Gasteiger partial charge in [-0.25, -0.2) is 0 Å². The zero-order chi connectivity index (χ0) is 14.1. The molecule has 1 aliphatic heterocycles. The molecule has 0 radical (unpaired) electrons. The lowest BCUT2D eigenvalue weighted by atomic mass is 9.88. The Morgan fingerprint density at radius 1 is 1.32 bits per heavy atom. The molecule has 1 N–H and O–H groups in total. The molecule has 19 heavy (non-hydrogen) atoms. The first-order chi connectivity index (χ1) is 8.80. The maximum Gasteiger partial charge on any atom is 0.401 e.